The predicted molar refractivity (Wildman–Crippen MR) is 86.4 cm³/mol. The van der Waals surface area contributed by atoms with Crippen molar-refractivity contribution in [2.24, 2.45) is 0 Å². The van der Waals surface area contributed by atoms with Crippen LogP contribution >= 0.6 is 0 Å². The molecule has 2 aromatic carbocycles. The topological polar surface area (TPSA) is 41.1 Å². The Morgan fingerprint density at radius 2 is 1.83 bits per heavy atom. The molecular formula is C18H15F3N2O. The summed E-state index contributed by atoms with van der Waals surface area (Å²) in [5.74, 6) is -4.21. The fourth-order valence-corrected chi connectivity index (χ4v) is 2.85. The molecule has 6 heteroatoms. The first-order chi connectivity index (χ1) is 11.5. The van der Waals surface area contributed by atoms with Crippen LogP contribution in [0.1, 0.15) is 11.1 Å². The summed E-state index contributed by atoms with van der Waals surface area (Å²) in [6, 6.07) is 7.46. The summed E-state index contributed by atoms with van der Waals surface area (Å²) in [5.41, 5.74) is 2.66. The third-order valence-electron chi connectivity index (χ3n) is 3.99. The number of benzene rings is 2. The zero-order valence-corrected chi connectivity index (χ0v) is 12.7. The van der Waals surface area contributed by atoms with Gasteiger partial charge in [-0.25, -0.2) is 13.2 Å². The fourth-order valence-electron chi connectivity index (χ4n) is 2.85. The highest BCUT2D eigenvalue weighted by Gasteiger charge is 2.23. The molecule has 3 rings (SSSR count). The van der Waals surface area contributed by atoms with Crippen LogP contribution in [0.5, 0.6) is 0 Å². The second kappa shape index (κ2) is 6.39. The molecule has 24 heavy (non-hydrogen) atoms. The van der Waals surface area contributed by atoms with Gasteiger partial charge in [-0.15, -0.1) is 0 Å². The number of rotatable bonds is 4. The minimum absolute atomic E-state index is 0.0631. The molecule has 1 aliphatic carbocycles. The first-order valence-electron chi connectivity index (χ1n) is 7.43. The Kier molecular flexibility index (Phi) is 4.29. The van der Waals surface area contributed by atoms with Crippen LogP contribution in [0.2, 0.25) is 0 Å². The third kappa shape index (κ3) is 3.13. The molecule has 3 nitrogen and oxygen atoms in total. The van der Waals surface area contributed by atoms with Crippen LogP contribution in [0.3, 0.4) is 0 Å². The summed E-state index contributed by atoms with van der Waals surface area (Å²) in [6.45, 7) is 3.39. The number of nitrogens with one attached hydrogen (secondary N) is 2. The van der Waals surface area contributed by atoms with Gasteiger partial charge in [-0.3, -0.25) is 4.79 Å². The van der Waals surface area contributed by atoms with Gasteiger partial charge in [0.05, 0.1) is 5.69 Å². The van der Waals surface area contributed by atoms with Gasteiger partial charge in [0.1, 0.15) is 0 Å². The van der Waals surface area contributed by atoms with E-state index in [1.54, 1.807) is 6.07 Å². The van der Waals surface area contributed by atoms with Crippen molar-refractivity contribution in [3.63, 3.8) is 0 Å². The van der Waals surface area contributed by atoms with E-state index in [1.165, 1.54) is 12.1 Å². The summed E-state index contributed by atoms with van der Waals surface area (Å²) in [6.07, 6.45) is 2.40. The van der Waals surface area contributed by atoms with Crippen LogP contribution in [0.15, 0.2) is 43.0 Å². The number of hydrogen-bond acceptors (Lipinski definition) is 2. The molecule has 0 heterocycles. The lowest BCUT2D eigenvalue weighted by Crippen LogP contribution is -2.20. The van der Waals surface area contributed by atoms with Crippen molar-refractivity contribution in [1.29, 1.82) is 0 Å². The quantitative estimate of drug-likeness (QED) is 0.660. The molecule has 0 saturated heterocycles. The highest BCUT2D eigenvalue weighted by molar-refractivity contribution is 5.98. The van der Waals surface area contributed by atoms with E-state index in [0.29, 0.717) is 18.5 Å². The first-order valence-corrected chi connectivity index (χ1v) is 7.43. The fraction of sp³-hybridized carbons (Fsp3) is 0.167. The van der Waals surface area contributed by atoms with E-state index < -0.39 is 17.5 Å². The molecule has 0 aliphatic heterocycles. The molecule has 2 aromatic rings. The summed E-state index contributed by atoms with van der Waals surface area (Å²) >= 11 is 0. The summed E-state index contributed by atoms with van der Waals surface area (Å²) in [5, 5.41) is 5.59. The highest BCUT2D eigenvalue weighted by Crippen LogP contribution is 2.29. The lowest BCUT2D eigenvalue weighted by atomic mass is 10.1. The second-order valence-electron chi connectivity index (χ2n) is 5.65. The van der Waals surface area contributed by atoms with Crippen molar-refractivity contribution in [3.8, 4) is 0 Å². The van der Waals surface area contributed by atoms with Gasteiger partial charge in [0.15, 0.2) is 17.5 Å². The van der Waals surface area contributed by atoms with E-state index in [9.17, 15) is 18.0 Å². The molecule has 1 aliphatic rings. The van der Waals surface area contributed by atoms with Crippen molar-refractivity contribution in [2.75, 3.05) is 10.6 Å². The Bertz CT molecular complexity index is 820. The maximum absolute atomic E-state index is 13.8. The van der Waals surface area contributed by atoms with Crippen LogP contribution in [0.4, 0.5) is 24.5 Å². The van der Waals surface area contributed by atoms with Gasteiger partial charge in [0.2, 0.25) is 5.91 Å². The van der Waals surface area contributed by atoms with Crippen LogP contribution in [-0.2, 0) is 17.6 Å². The molecule has 2 N–H and O–H groups in total. The maximum Gasteiger partial charge on any atom is 0.247 e. The summed E-state index contributed by atoms with van der Waals surface area (Å²) in [4.78, 5) is 11.3. The van der Waals surface area contributed by atoms with E-state index in [0.717, 1.165) is 17.2 Å². The van der Waals surface area contributed by atoms with Crippen LogP contribution in [-0.4, -0.2) is 11.9 Å². The SMILES string of the molecule is C=CC(=O)Nc1ccc2c(c1)CC(Nc1ccc(F)c(F)c1F)C2. The van der Waals surface area contributed by atoms with Crippen molar-refractivity contribution < 1.29 is 18.0 Å². The molecule has 0 fully saturated rings. The normalized spacial score (nSPS) is 15.7. The average Bonchev–Trinajstić information content (AvgIpc) is 2.97. The third-order valence-corrected chi connectivity index (χ3v) is 3.99. The second-order valence-corrected chi connectivity index (χ2v) is 5.65. The predicted octanol–water partition coefficient (Wildman–Crippen LogP) is 3.81. The number of carbonyl (C=O) groups is 1. The number of anilines is 2. The molecule has 1 unspecified atom stereocenters. The molecule has 0 bridgehead atoms. The van der Waals surface area contributed by atoms with Gasteiger partial charge in [-0.05, 0) is 54.3 Å². The van der Waals surface area contributed by atoms with Crippen LogP contribution in [0.25, 0.3) is 0 Å². The zero-order chi connectivity index (χ0) is 17.3. The van der Waals surface area contributed by atoms with E-state index in [4.69, 9.17) is 0 Å². The lowest BCUT2D eigenvalue weighted by molar-refractivity contribution is -0.111. The summed E-state index contributed by atoms with van der Waals surface area (Å²) in [7, 11) is 0. The molecular weight excluding hydrogens is 317 g/mol. The first kappa shape index (κ1) is 16.1. The molecule has 1 amide bonds. The van der Waals surface area contributed by atoms with Crippen molar-refractivity contribution in [2.45, 2.75) is 18.9 Å². The number of fused-ring (bicyclic) bond motifs is 1. The molecule has 1 atom stereocenters. The summed E-state index contributed by atoms with van der Waals surface area (Å²) < 4.78 is 40.0. The van der Waals surface area contributed by atoms with Gasteiger partial charge in [0.25, 0.3) is 0 Å². The molecule has 0 radical (unpaired) electrons. The maximum atomic E-state index is 13.8. The van der Waals surface area contributed by atoms with E-state index in [2.05, 4.69) is 17.2 Å². The Morgan fingerprint density at radius 1 is 1.08 bits per heavy atom. The smallest absolute Gasteiger partial charge is 0.247 e. The lowest BCUT2D eigenvalue weighted by Gasteiger charge is -2.14. The van der Waals surface area contributed by atoms with Gasteiger partial charge in [0, 0.05) is 11.7 Å². The number of hydrogen-bond donors (Lipinski definition) is 2. The monoisotopic (exact) mass is 332 g/mol. The Morgan fingerprint density at radius 3 is 2.58 bits per heavy atom. The molecule has 0 saturated carbocycles. The molecule has 124 valence electrons. The largest absolute Gasteiger partial charge is 0.379 e. The standard InChI is InChI=1S/C18H15F3N2O/c1-2-16(24)23-12-4-3-10-7-13(9-11(10)8-12)22-15-6-5-14(19)17(20)18(15)21/h2-6,8,13,22H,1,7,9H2,(H,23,24). The van der Waals surface area contributed by atoms with Gasteiger partial charge < -0.3 is 10.6 Å². The van der Waals surface area contributed by atoms with Gasteiger partial charge >= 0.3 is 0 Å². The number of halogens is 3. The Hall–Kier alpha value is -2.76. The van der Waals surface area contributed by atoms with Gasteiger partial charge in [-0.1, -0.05) is 12.6 Å². The Labute approximate surface area is 137 Å². The average molecular weight is 332 g/mol. The zero-order valence-electron chi connectivity index (χ0n) is 12.7. The minimum Gasteiger partial charge on any atom is -0.379 e. The van der Waals surface area contributed by atoms with E-state index in [1.807, 2.05) is 12.1 Å². The Balaban J connectivity index is 1.74. The van der Waals surface area contributed by atoms with Crippen LogP contribution in [0, 0.1) is 17.5 Å². The minimum atomic E-state index is -1.48. The molecule has 0 spiro atoms. The highest BCUT2D eigenvalue weighted by atomic mass is 19.2. The van der Waals surface area contributed by atoms with Crippen molar-refractivity contribution in [1.82, 2.24) is 0 Å². The van der Waals surface area contributed by atoms with Gasteiger partial charge in [-0.2, -0.15) is 0 Å². The molecule has 0 aromatic heterocycles. The van der Waals surface area contributed by atoms with E-state index >= 15 is 0 Å². The van der Waals surface area contributed by atoms with Crippen molar-refractivity contribution in [3.05, 3.63) is 71.6 Å². The van der Waals surface area contributed by atoms with Crippen molar-refractivity contribution >= 4 is 17.3 Å². The number of carbonyl (C=O) groups excluding carboxylic acids is 1. The van der Waals surface area contributed by atoms with Crippen LogP contribution < -0.4 is 10.6 Å². The number of amides is 1. The van der Waals surface area contributed by atoms with E-state index in [-0.39, 0.29) is 17.6 Å².